The maximum Gasteiger partial charge on any atom is 0.249 e. The molecule has 15 heavy (non-hydrogen) atoms. The summed E-state index contributed by atoms with van der Waals surface area (Å²) >= 11 is 0. The van der Waals surface area contributed by atoms with E-state index in [-0.39, 0.29) is 0 Å². The molecule has 2 heteroatoms. The molecule has 1 nitrogen and oxygen atoms in total. The molecule has 0 amide bonds. The van der Waals surface area contributed by atoms with E-state index >= 15 is 0 Å². The Hall–Kier alpha value is -0.503. The van der Waals surface area contributed by atoms with Crippen LogP contribution in [0.15, 0.2) is 23.5 Å². The molecular formula is C13H26OSi. The second-order valence-corrected chi connectivity index (χ2v) is 9.07. The van der Waals surface area contributed by atoms with Crippen LogP contribution in [-0.4, -0.2) is 8.32 Å². The summed E-state index contributed by atoms with van der Waals surface area (Å²) < 4.78 is 6.02. The molecule has 0 aromatic carbocycles. The Labute approximate surface area is 96.4 Å². The molecule has 0 aromatic rings. The predicted molar refractivity (Wildman–Crippen MR) is 71.5 cm³/mol. The topological polar surface area (TPSA) is 9.23 Å². The van der Waals surface area contributed by atoms with E-state index in [2.05, 4.69) is 47.6 Å². The van der Waals surface area contributed by atoms with E-state index in [0.717, 1.165) is 0 Å². The second-order valence-electron chi connectivity index (χ2n) is 4.35. The molecular weight excluding hydrogens is 200 g/mol. The van der Waals surface area contributed by atoms with Gasteiger partial charge in [0, 0.05) is 0 Å². The fraction of sp³-hybridized carbons (Fsp3) is 0.692. The van der Waals surface area contributed by atoms with Crippen molar-refractivity contribution >= 4 is 8.32 Å². The number of rotatable bonds is 6. The van der Waals surface area contributed by atoms with Gasteiger partial charge >= 0.3 is 0 Å². The van der Waals surface area contributed by atoms with Gasteiger partial charge < -0.3 is 4.43 Å². The van der Waals surface area contributed by atoms with Crippen LogP contribution in [0.5, 0.6) is 0 Å². The minimum absolute atomic E-state index is 1.21. The number of hydrogen-bond acceptors (Lipinski definition) is 1. The SMILES string of the molecule is CC[Si](CC)(CC)OC=CC(C)=C(C)C. The molecule has 0 aliphatic heterocycles. The van der Waals surface area contributed by atoms with Crippen molar-refractivity contribution in [2.24, 2.45) is 0 Å². The largest absolute Gasteiger partial charge is 0.549 e. The van der Waals surface area contributed by atoms with Crippen LogP contribution < -0.4 is 0 Å². The van der Waals surface area contributed by atoms with Gasteiger partial charge in [-0.15, -0.1) is 0 Å². The van der Waals surface area contributed by atoms with Crippen LogP contribution in [-0.2, 0) is 4.43 Å². The van der Waals surface area contributed by atoms with Crippen molar-refractivity contribution in [3.05, 3.63) is 23.5 Å². The lowest BCUT2D eigenvalue weighted by Gasteiger charge is -2.26. The third kappa shape index (κ3) is 4.69. The zero-order valence-electron chi connectivity index (χ0n) is 11.2. The van der Waals surface area contributed by atoms with E-state index in [4.69, 9.17) is 4.43 Å². The highest BCUT2D eigenvalue weighted by Crippen LogP contribution is 2.22. The first-order valence-electron chi connectivity index (χ1n) is 5.99. The van der Waals surface area contributed by atoms with Crippen molar-refractivity contribution in [3.8, 4) is 0 Å². The molecule has 0 aliphatic carbocycles. The van der Waals surface area contributed by atoms with Gasteiger partial charge in [-0.3, -0.25) is 0 Å². The zero-order valence-corrected chi connectivity index (χ0v) is 12.2. The maximum atomic E-state index is 6.02. The van der Waals surface area contributed by atoms with Crippen molar-refractivity contribution < 1.29 is 4.43 Å². The van der Waals surface area contributed by atoms with Gasteiger partial charge in [-0.1, -0.05) is 26.3 Å². The summed E-state index contributed by atoms with van der Waals surface area (Å²) in [6.45, 7) is 13.1. The molecule has 0 radical (unpaired) electrons. The van der Waals surface area contributed by atoms with Crippen LogP contribution in [0.4, 0.5) is 0 Å². The molecule has 0 unspecified atom stereocenters. The molecule has 0 heterocycles. The Kier molecular flexibility index (Phi) is 6.65. The van der Waals surface area contributed by atoms with E-state index in [1.165, 1.54) is 29.3 Å². The van der Waals surface area contributed by atoms with E-state index in [1.807, 2.05) is 6.26 Å². The van der Waals surface area contributed by atoms with Gasteiger partial charge in [0.2, 0.25) is 8.32 Å². The molecule has 0 saturated carbocycles. The van der Waals surface area contributed by atoms with E-state index < -0.39 is 8.32 Å². The summed E-state index contributed by atoms with van der Waals surface area (Å²) in [6, 6.07) is 3.62. The van der Waals surface area contributed by atoms with Gasteiger partial charge in [0.1, 0.15) is 0 Å². The highest BCUT2D eigenvalue weighted by Gasteiger charge is 2.28. The predicted octanol–water partition coefficient (Wildman–Crippen LogP) is 4.88. The summed E-state index contributed by atoms with van der Waals surface area (Å²) in [4.78, 5) is 0. The molecule has 0 rings (SSSR count). The fourth-order valence-electron chi connectivity index (χ4n) is 1.45. The van der Waals surface area contributed by atoms with E-state index in [0.29, 0.717) is 0 Å². The normalized spacial score (nSPS) is 11.9. The summed E-state index contributed by atoms with van der Waals surface area (Å²) in [5.41, 5.74) is 2.66. The smallest absolute Gasteiger partial charge is 0.249 e. The molecule has 88 valence electrons. The van der Waals surface area contributed by atoms with Crippen molar-refractivity contribution in [1.82, 2.24) is 0 Å². The van der Waals surface area contributed by atoms with Crippen LogP contribution in [0.1, 0.15) is 41.5 Å². The van der Waals surface area contributed by atoms with Crippen LogP contribution >= 0.6 is 0 Å². The van der Waals surface area contributed by atoms with Gasteiger partial charge in [-0.05, 0) is 50.6 Å². The van der Waals surface area contributed by atoms with Crippen LogP contribution in [0.25, 0.3) is 0 Å². The second kappa shape index (κ2) is 6.89. The summed E-state index contributed by atoms with van der Waals surface area (Å²) in [6.07, 6.45) is 4.02. The molecule has 0 spiro atoms. The average molecular weight is 226 g/mol. The highest BCUT2D eigenvalue weighted by atomic mass is 28.4. The van der Waals surface area contributed by atoms with Gasteiger partial charge in [0.15, 0.2) is 0 Å². The zero-order chi connectivity index (χ0) is 11.9. The van der Waals surface area contributed by atoms with Crippen LogP contribution in [0, 0.1) is 0 Å². The number of hydrogen-bond donors (Lipinski definition) is 0. The monoisotopic (exact) mass is 226 g/mol. The molecule has 0 saturated heterocycles. The first-order valence-corrected chi connectivity index (χ1v) is 8.52. The van der Waals surface area contributed by atoms with Crippen molar-refractivity contribution in [2.75, 3.05) is 0 Å². The standard InChI is InChI=1S/C13H26OSi/c1-7-15(8-2,9-3)14-11-10-13(6)12(4)5/h10-11H,7-9H2,1-6H3. The lowest BCUT2D eigenvalue weighted by Crippen LogP contribution is -2.33. The Morgan fingerprint density at radius 2 is 1.47 bits per heavy atom. The minimum Gasteiger partial charge on any atom is -0.549 e. The summed E-state index contributed by atoms with van der Waals surface area (Å²) in [5.74, 6) is 0. The molecule has 0 aliphatic rings. The van der Waals surface area contributed by atoms with Crippen LogP contribution in [0.3, 0.4) is 0 Å². The first kappa shape index (κ1) is 14.5. The Balaban J connectivity index is 4.41. The van der Waals surface area contributed by atoms with E-state index in [1.54, 1.807) is 0 Å². The van der Waals surface area contributed by atoms with Gasteiger partial charge in [0.05, 0.1) is 6.26 Å². The maximum absolute atomic E-state index is 6.02. The highest BCUT2D eigenvalue weighted by molar-refractivity contribution is 6.73. The Morgan fingerprint density at radius 3 is 1.80 bits per heavy atom. The number of allylic oxidation sites excluding steroid dienone is 3. The minimum atomic E-state index is -1.43. The van der Waals surface area contributed by atoms with Crippen molar-refractivity contribution in [1.29, 1.82) is 0 Å². The summed E-state index contributed by atoms with van der Waals surface area (Å²) in [7, 11) is -1.43. The van der Waals surface area contributed by atoms with Gasteiger partial charge in [-0.25, -0.2) is 0 Å². The Morgan fingerprint density at radius 1 is 1.00 bits per heavy atom. The average Bonchev–Trinajstić information content (AvgIpc) is 2.24. The van der Waals surface area contributed by atoms with Crippen LogP contribution in [0.2, 0.25) is 18.1 Å². The lowest BCUT2D eigenvalue weighted by atomic mass is 10.2. The molecule has 0 atom stereocenters. The summed E-state index contributed by atoms with van der Waals surface area (Å²) in [5, 5.41) is 0. The molecule has 0 N–H and O–H groups in total. The molecule has 0 bridgehead atoms. The van der Waals surface area contributed by atoms with Gasteiger partial charge in [-0.2, -0.15) is 0 Å². The lowest BCUT2D eigenvalue weighted by molar-refractivity contribution is 0.457. The third-order valence-corrected chi connectivity index (χ3v) is 7.86. The first-order chi connectivity index (χ1) is 7.01. The van der Waals surface area contributed by atoms with E-state index in [9.17, 15) is 0 Å². The third-order valence-electron chi connectivity index (χ3n) is 3.36. The Bertz CT molecular complexity index is 225. The quantitative estimate of drug-likeness (QED) is 0.356. The fourth-order valence-corrected chi connectivity index (χ4v) is 3.80. The molecule has 0 aromatic heterocycles. The van der Waals surface area contributed by atoms with Gasteiger partial charge in [0.25, 0.3) is 0 Å². The van der Waals surface area contributed by atoms with Crippen molar-refractivity contribution in [2.45, 2.75) is 59.7 Å². The van der Waals surface area contributed by atoms with Crippen molar-refractivity contribution in [3.63, 3.8) is 0 Å². The molecule has 0 fully saturated rings.